The maximum Gasteiger partial charge on any atom is 0.432 e. The van der Waals surface area contributed by atoms with Gasteiger partial charge in [-0.3, -0.25) is 0 Å². The number of hydrogen-bond donors (Lipinski definition) is 1. The highest BCUT2D eigenvalue weighted by Crippen LogP contribution is 2.43. The van der Waals surface area contributed by atoms with Crippen molar-refractivity contribution in [2.75, 3.05) is 13.7 Å². The molecule has 31 heavy (non-hydrogen) atoms. The normalized spacial score (nSPS) is 23.7. The maximum atomic E-state index is 14.3. The predicted octanol–water partition coefficient (Wildman–Crippen LogP) is 4.28. The van der Waals surface area contributed by atoms with Crippen LogP contribution in [-0.2, 0) is 24.6 Å². The van der Waals surface area contributed by atoms with Gasteiger partial charge in [-0.05, 0) is 39.5 Å². The first-order valence-corrected chi connectivity index (χ1v) is 9.78. The molecule has 1 aromatic rings. The lowest BCUT2D eigenvalue weighted by Crippen LogP contribution is -2.52. The van der Waals surface area contributed by atoms with Gasteiger partial charge in [0.1, 0.15) is 11.8 Å². The average molecular weight is 449 g/mol. The van der Waals surface area contributed by atoms with Crippen molar-refractivity contribution in [3.63, 3.8) is 0 Å². The molecule has 1 aliphatic carbocycles. The molecule has 0 aliphatic heterocycles. The van der Waals surface area contributed by atoms with E-state index in [9.17, 15) is 27.2 Å². The standard InChI is InChI=1S/C21H27F4NO5/c1-19(2,3)31-18(28)26-16-11-13(10-15(16)22)12-30-17(27)20(29-4,21(23,24)25)14-8-6-5-7-9-14/h5-9,13,15-16H,10-12H2,1-4H3,(H,26,28)/t13-,15-,16-,20+/m1/s1. The van der Waals surface area contributed by atoms with Crippen molar-refractivity contribution in [1.82, 2.24) is 5.32 Å². The monoisotopic (exact) mass is 449 g/mol. The molecule has 1 aromatic carbocycles. The third-order valence-electron chi connectivity index (χ3n) is 4.91. The summed E-state index contributed by atoms with van der Waals surface area (Å²) < 4.78 is 70.6. The lowest BCUT2D eigenvalue weighted by molar-refractivity contribution is -0.276. The molecule has 1 amide bonds. The topological polar surface area (TPSA) is 73.9 Å². The Labute approximate surface area is 178 Å². The van der Waals surface area contributed by atoms with Gasteiger partial charge in [-0.25, -0.2) is 14.0 Å². The summed E-state index contributed by atoms with van der Waals surface area (Å²) in [7, 11) is 0.774. The second kappa shape index (κ2) is 9.42. The fourth-order valence-corrected chi connectivity index (χ4v) is 3.51. The fourth-order valence-electron chi connectivity index (χ4n) is 3.51. The lowest BCUT2D eigenvalue weighted by atomic mass is 9.92. The van der Waals surface area contributed by atoms with Crippen LogP contribution in [0.3, 0.4) is 0 Å². The molecule has 2 rings (SSSR count). The summed E-state index contributed by atoms with van der Waals surface area (Å²) in [4.78, 5) is 24.4. The number of methoxy groups -OCH3 is 1. The number of esters is 1. The molecule has 0 bridgehead atoms. The molecule has 0 unspecified atom stereocenters. The van der Waals surface area contributed by atoms with Crippen molar-refractivity contribution in [1.29, 1.82) is 0 Å². The summed E-state index contributed by atoms with van der Waals surface area (Å²) >= 11 is 0. The van der Waals surface area contributed by atoms with Gasteiger partial charge < -0.3 is 19.5 Å². The smallest absolute Gasteiger partial charge is 0.432 e. The summed E-state index contributed by atoms with van der Waals surface area (Å²) in [6, 6.07) is 5.55. The Hall–Kier alpha value is -2.36. The van der Waals surface area contributed by atoms with E-state index < -0.39 is 59.7 Å². The van der Waals surface area contributed by atoms with E-state index >= 15 is 0 Å². The molecule has 0 spiro atoms. The van der Waals surface area contributed by atoms with Gasteiger partial charge in [-0.15, -0.1) is 0 Å². The van der Waals surface area contributed by atoms with Crippen molar-refractivity contribution < 1.29 is 41.4 Å². The molecular formula is C21H27F4NO5. The first-order valence-electron chi connectivity index (χ1n) is 9.78. The predicted molar refractivity (Wildman–Crippen MR) is 103 cm³/mol. The second-order valence-electron chi connectivity index (χ2n) is 8.45. The Kier molecular flexibility index (Phi) is 7.57. The second-order valence-corrected chi connectivity index (χ2v) is 8.45. The summed E-state index contributed by atoms with van der Waals surface area (Å²) in [5, 5.41) is 2.41. The van der Waals surface area contributed by atoms with E-state index in [1.807, 2.05) is 0 Å². The Morgan fingerprint density at radius 1 is 1.10 bits per heavy atom. The van der Waals surface area contributed by atoms with Crippen molar-refractivity contribution in [2.45, 2.75) is 63.2 Å². The molecule has 174 valence electrons. The summed E-state index contributed by atoms with van der Waals surface area (Å²) in [5.74, 6) is -2.20. The maximum absolute atomic E-state index is 14.3. The van der Waals surface area contributed by atoms with Gasteiger partial charge in [0.2, 0.25) is 0 Å². The molecular weight excluding hydrogens is 422 g/mol. The van der Waals surface area contributed by atoms with Crippen molar-refractivity contribution >= 4 is 12.1 Å². The number of alkyl halides is 4. The van der Waals surface area contributed by atoms with E-state index in [4.69, 9.17) is 9.47 Å². The number of carbonyl (C=O) groups is 2. The number of hydrogen-bond acceptors (Lipinski definition) is 5. The molecule has 0 saturated heterocycles. The van der Waals surface area contributed by atoms with Crippen molar-refractivity contribution in [3.05, 3.63) is 35.9 Å². The average Bonchev–Trinajstić information content (AvgIpc) is 2.98. The highest BCUT2D eigenvalue weighted by Gasteiger charge is 2.64. The minimum Gasteiger partial charge on any atom is -0.463 e. The van der Waals surface area contributed by atoms with Crippen LogP contribution in [-0.4, -0.2) is 49.8 Å². The molecule has 6 nitrogen and oxygen atoms in total. The third-order valence-corrected chi connectivity index (χ3v) is 4.91. The van der Waals surface area contributed by atoms with Crippen LogP contribution in [0.15, 0.2) is 30.3 Å². The van der Waals surface area contributed by atoms with E-state index in [1.165, 1.54) is 18.2 Å². The van der Waals surface area contributed by atoms with E-state index in [2.05, 4.69) is 10.1 Å². The van der Waals surface area contributed by atoms with Crippen LogP contribution in [0.2, 0.25) is 0 Å². The number of benzene rings is 1. The molecule has 1 N–H and O–H groups in total. The van der Waals surface area contributed by atoms with Gasteiger partial charge in [0, 0.05) is 12.7 Å². The van der Waals surface area contributed by atoms with Gasteiger partial charge >= 0.3 is 18.2 Å². The van der Waals surface area contributed by atoms with Crippen LogP contribution in [0.25, 0.3) is 0 Å². The summed E-state index contributed by atoms with van der Waals surface area (Å²) in [6.07, 6.45) is -7.31. The van der Waals surface area contributed by atoms with Crippen LogP contribution < -0.4 is 5.32 Å². The quantitative estimate of drug-likeness (QED) is 0.519. The zero-order valence-corrected chi connectivity index (χ0v) is 17.8. The van der Waals surface area contributed by atoms with Gasteiger partial charge in [-0.2, -0.15) is 13.2 Å². The van der Waals surface area contributed by atoms with Crippen LogP contribution in [0.4, 0.5) is 22.4 Å². The lowest BCUT2D eigenvalue weighted by Gasteiger charge is -2.32. The Morgan fingerprint density at radius 2 is 1.71 bits per heavy atom. The van der Waals surface area contributed by atoms with Crippen LogP contribution in [0, 0.1) is 5.92 Å². The SMILES string of the molecule is CO[C@](C(=O)OC[C@@H]1C[C@@H](F)[C@H](NC(=O)OC(C)(C)C)C1)(c1ccccc1)C(F)(F)F. The highest BCUT2D eigenvalue weighted by molar-refractivity contribution is 5.82. The molecule has 0 heterocycles. The van der Waals surface area contributed by atoms with Crippen LogP contribution in [0.1, 0.15) is 39.2 Å². The summed E-state index contributed by atoms with van der Waals surface area (Å²) in [5.41, 5.74) is -4.48. The zero-order chi connectivity index (χ0) is 23.4. The van der Waals surface area contributed by atoms with Crippen molar-refractivity contribution in [3.8, 4) is 0 Å². The van der Waals surface area contributed by atoms with E-state index in [-0.39, 0.29) is 12.8 Å². The zero-order valence-electron chi connectivity index (χ0n) is 17.8. The fraction of sp³-hybridized carbons (Fsp3) is 0.619. The van der Waals surface area contributed by atoms with Crippen LogP contribution in [0.5, 0.6) is 0 Å². The Balaban J connectivity index is 2.04. The largest absolute Gasteiger partial charge is 0.463 e. The van der Waals surface area contributed by atoms with Crippen molar-refractivity contribution in [2.24, 2.45) is 5.92 Å². The van der Waals surface area contributed by atoms with E-state index in [0.29, 0.717) is 0 Å². The minimum atomic E-state index is -5.08. The highest BCUT2D eigenvalue weighted by atomic mass is 19.4. The van der Waals surface area contributed by atoms with Gasteiger partial charge in [0.25, 0.3) is 5.60 Å². The Morgan fingerprint density at radius 3 is 2.23 bits per heavy atom. The third kappa shape index (κ3) is 5.87. The van der Waals surface area contributed by atoms with Crippen LogP contribution >= 0.6 is 0 Å². The molecule has 1 fully saturated rings. The first-order chi connectivity index (χ1) is 14.3. The molecule has 0 aromatic heterocycles. The molecule has 0 radical (unpaired) electrons. The summed E-state index contributed by atoms with van der Waals surface area (Å²) in [6.45, 7) is 4.53. The number of amides is 1. The number of alkyl carbamates (subject to hydrolysis) is 1. The number of ether oxygens (including phenoxy) is 3. The number of carbonyl (C=O) groups excluding carboxylic acids is 2. The molecule has 10 heteroatoms. The first kappa shape index (κ1) is 24.9. The number of rotatable bonds is 6. The van der Waals surface area contributed by atoms with E-state index in [1.54, 1.807) is 20.8 Å². The van der Waals surface area contributed by atoms with Gasteiger partial charge in [0.05, 0.1) is 12.6 Å². The number of nitrogens with one attached hydrogen (secondary N) is 1. The Bertz CT molecular complexity index is 765. The van der Waals surface area contributed by atoms with Gasteiger partial charge in [-0.1, -0.05) is 30.3 Å². The molecule has 4 atom stereocenters. The minimum absolute atomic E-state index is 0.0783. The van der Waals surface area contributed by atoms with Gasteiger partial charge in [0.15, 0.2) is 0 Å². The molecule has 1 aliphatic rings. The van der Waals surface area contributed by atoms with E-state index in [0.717, 1.165) is 19.2 Å². The molecule has 1 saturated carbocycles. The number of halogens is 4.